The molecule has 184 valence electrons. The molecule has 0 saturated carbocycles. The van der Waals surface area contributed by atoms with Crippen molar-refractivity contribution >= 4 is 44.8 Å². The molecule has 2 rings (SSSR count). The summed E-state index contributed by atoms with van der Waals surface area (Å²) in [7, 11) is -1.41. The Bertz CT molecular complexity index is 1190. The van der Waals surface area contributed by atoms with E-state index in [1.165, 1.54) is 32.0 Å². The van der Waals surface area contributed by atoms with E-state index >= 15 is 0 Å². The second-order valence-corrected chi connectivity index (χ2v) is 9.67. The van der Waals surface area contributed by atoms with Crippen molar-refractivity contribution in [2.45, 2.75) is 19.5 Å². The van der Waals surface area contributed by atoms with Gasteiger partial charge in [-0.05, 0) is 30.7 Å². The highest BCUT2D eigenvalue weighted by Crippen LogP contribution is 2.33. The summed E-state index contributed by atoms with van der Waals surface area (Å²) in [6.07, 6.45) is 0.863. The highest BCUT2D eigenvalue weighted by molar-refractivity contribution is 7.92. The number of methoxy groups -OCH3 is 1. The fraction of sp³-hybridized carbons (Fsp3) is 0.333. The van der Waals surface area contributed by atoms with Gasteiger partial charge in [0.2, 0.25) is 21.8 Å². The molecule has 1 atom stereocenters. The zero-order chi connectivity index (χ0) is 25.6. The Morgan fingerprint density at radius 1 is 1.24 bits per heavy atom. The molecule has 2 aromatic carbocycles. The van der Waals surface area contributed by atoms with Gasteiger partial charge in [-0.3, -0.25) is 24.0 Å². The van der Waals surface area contributed by atoms with E-state index in [1.807, 2.05) is 0 Å². The molecule has 0 unspecified atom stereocenters. The Labute approximate surface area is 202 Å². The fourth-order valence-electron chi connectivity index (χ4n) is 3.21. The number of ether oxygens (including phenoxy) is 1. The predicted octanol–water partition coefficient (Wildman–Crippen LogP) is 2.19. The van der Waals surface area contributed by atoms with Crippen LogP contribution < -0.4 is 14.4 Å². The quantitative estimate of drug-likeness (QED) is 0.380. The standard InChI is InChI=1S/C21H25ClN4O7S/c1-14(21(28)23-2)24(12-15-6-5-7-16(22)10-15)20(27)13-25(34(4,31)32)18-11-17(26(29)30)8-9-19(18)33-3/h5-11,14H,12-13H2,1-4H3,(H,23,28)/t14-/m0/s1. The van der Waals surface area contributed by atoms with Crippen LogP contribution in [-0.4, -0.2) is 63.1 Å². The number of benzene rings is 2. The van der Waals surface area contributed by atoms with E-state index in [-0.39, 0.29) is 23.7 Å². The molecular formula is C21H25ClN4O7S. The highest BCUT2D eigenvalue weighted by atomic mass is 35.5. The summed E-state index contributed by atoms with van der Waals surface area (Å²) in [6.45, 7) is 0.746. The number of sulfonamides is 1. The van der Waals surface area contributed by atoms with Gasteiger partial charge in [-0.25, -0.2) is 8.42 Å². The van der Waals surface area contributed by atoms with Gasteiger partial charge < -0.3 is 15.0 Å². The molecule has 0 spiro atoms. The van der Waals surface area contributed by atoms with Crippen LogP contribution in [0.25, 0.3) is 0 Å². The Morgan fingerprint density at radius 2 is 1.91 bits per heavy atom. The van der Waals surface area contributed by atoms with Gasteiger partial charge in [0, 0.05) is 30.7 Å². The number of anilines is 1. The Hall–Kier alpha value is -3.38. The lowest BCUT2D eigenvalue weighted by Gasteiger charge is -2.31. The average Bonchev–Trinajstić information content (AvgIpc) is 2.78. The Morgan fingerprint density at radius 3 is 2.44 bits per heavy atom. The Balaban J connectivity index is 2.51. The van der Waals surface area contributed by atoms with Crippen LogP contribution in [-0.2, 0) is 26.2 Å². The van der Waals surface area contributed by atoms with Crippen LogP contribution >= 0.6 is 11.6 Å². The van der Waals surface area contributed by atoms with Crippen LogP contribution in [0, 0.1) is 10.1 Å². The lowest BCUT2D eigenvalue weighted by molar-refractivity contribution is -0.384. The number of amides is 2. The van der Waals surface area contributed by atoms with Crippen molar-refractivity contribution in [1.29, 1.82) is 0 Å². The first-order valence-electron chi connectivity index (χ1n) is 9.94. The van der Waals surface area contributed by atoms with Crippen molar-refractivity contribution in [3.63, 3.8) is 0 Å². The first-order chi connectivity index (χ1) is 15.9. The number of nitro benzene ring substituents is 1. The minimum absolute atomic E-state index is 0.0181. The monoisotopic (exact) mass is 512 g/mol. The van der Waals surface area contributed by atoms with Crippen molar-refractivity contribution < 1.29 is 27.7 Å². The summed E-state index contributed by atoms with van der Waals surface area (Å²) in [5.41, 5.74) is 0.0599. The number of carbonyl (C=O) groups is 2. The largest absolute Gasteiger partial charge is 0.495 e. The molecule has 0 bridgehead atoms. The van der Waals surface area contributed by atoms with E-state index < -0.39 is 39.3 Å². The zero-order valence-corrected chi connectivity index (χ0v) is 20.6. The lowest BCUT2D eigenvalue weighted by Crippen LogP contribution is -2.50. The first kappa shape index (κ1) is 26.9. The number of hydrogen-bond acceptors (Lipinski definition) is 7. The van der Waals surface area contributed by atoms with E-state index in [9.17, 15) is 28.1 Å². The Kier molecular flexibility index (Phi) is 8.82. The molecule has 0 aliphatic heterocycles. The van der Waals surface area contributed by atoms with Gasteiger partial charge in [0.25, 0.3) is 5.69 Å². The molecule has 2 amide bonds. The molecule has 13 heteroatoms. The number of halogens is 1. The summed E-state index contributed by atoms with van der Waals surface area (Å²) >= 11 is 6.04. The van der Waals surface area contributed by atoms with Crippen molar-refractivity contribution in [2.24, 2.45) is 0 Å². The van der Waals surface area contributed by atoms with E-state index in [0.29, 0.717) is 14.9 Å². The third kappa shape index (κ3) is 6.58. The number of nitrogens with zero attached hydrogens (tertiary/aromatic N) is 3. The summed E-state index contributed by atoms with van der Waals surface area (Å²) in [5.74, 6) is -1.16. The molecule has 34 heavy (non-hydrogen) atoms. The summed E-state index contributed by atoms with van der Waals surface area (Å²) in [6, 6.07) is 9.12. The molecule has 1 N–H and O–H groups in total. The number of nitrogens with one attached hydrogen (secondary N) is 1. The number of rotatable bonds is 10. The molecule has 11 nitrogen and oxygen atoms in total. The molecule has 0 aliphatic rings. The minimum atomic E-state index is -4.09. The number of likely N-dealkylation sites (N-methyl/N-ethyl adjacent to an activating group) is 1. The van der Waals surface area contributed by atoms with Crippen LogP contribution in [0.2, 0.25) is 5.02 Å². The van der Waals surface area contributed by atoms with Crippen LogP contribution in [0.15, 0.2) is 42.5 Å². The topological polar surface area (TPSA) is 139 Å². The normalized spacial score (nSPS) is 11.9. The van der Waals surface area contributed by atoms with Gasteiger partial charge >= 0.3 is 0 Å². The predicted molar refractivity (Wildman–Crippen MR) is 127 cm³/mol. The van der Waals surface area contributed by atoms with Crippen molar-refractivity contribution in [2.75, 3.05) is 31.3 Å². The van der Waals surface area contributed by atoms with Gasteiger partial charge in [0.05, 0.1) is 18.3 Å². The molecule has 0 fully saturated rings. The molecule has 0 heterocycles. The van der Waals surface area contributed by atoms with Crippen molar-refractivity contribution in [3.8, 4) is 5.75 Å². The fourth-order valence-corrected chi connectivity index (χ4v) is 4.26. The van der Waals surface area contributed by atoms with Crippen molar-refractivity contribution in [3.05, 3.63) is 63.2 Å². The van der Waals surface area contributed by atoms with Gasteiger partial charge in [0.15, 0.2) is 0 Å². The average molecular weight is 513 g/mol. The second-order valence-electron chi connectivity index (χ2n) is 7.32. The van der Waals surface area contributed by atoms with E-state index in [4.69, 9.17) is 16.3 Å². The summed E-state index contributed by atoms with van der Waals surface area (Å²) < 4.78 is 31.2. The lowest BCUT2D eigenvalue weighted by atomic mass is 10.1. The summed E-state index contributed by atoms with van der Waals surface area (Å²) in [4.78, 5) is 37.5. The van der Waals surface area contributed by atoms with Crippen LogP contribution in [0.3, 0.4) is 0 Å². The van der Waals surface area contributed by atoms with E-state index in [1.54, 1.807) is 24.3 Å². The maximum Gasteiger partial charge on any atom is 0.271 e. The molecule has 2 aromatic rings. The minimum Gasteiger partial charge on any atom is -0.495 e. The maximum atomic E-state index is 13.4. The summed E-state index contributed by atoms with van der Waals surface area (Å²) in [5, 5.41) is 14.1. The molecule has 0 aliphatic carbocycles. The first-order valence-corrected chi connectivity index (χ1v) is 12.2. The van der Waals surface area contributed by atoms with Crippen LogP contribution in [0.5, 0.6) is 5.75 Å². The van der Waals surface area contributed by atoms with Crippen molar-refractivity contribution in [1.82, 2.24) is 10.2 Å². The smallest absolute Gasteiger partial charge is 0.271 e. The van der Waals surface area contributed by atoms with Gasteiger partial charge in [-0.15, -0.1) is 0 Å². The number of hydrogen-bond donors (Lipinski definition) is 1. The van der Waals surface area contributed by atoms with Crippen LogP contribution in [0.4, 0.5) is 11.4 Å². The second kappa shape index (κ2) is 11.2. The zero-order valence-electron chi connectivity index (χ0n) is 19.0. The number of non-ortho nitro benzene ring substituents is 1. The third-order valence-electron chi connectivity index (χ3n) is 4.98. The maximum absolute atomic E-state index is 13.4. The molecule has 0 radical (unpaired) electrons. The molecular weight excluding hydrogens is 488 g/mol. The molecule has 0 aromatic heterocycles. The van der Waals surface area contributed by atoms with Gasteiger partial charge in [-0.2, -0.15) is 0 Å². The van der Waals surface area contributed by atoms with E-state index in [0.717, 1.165) is 18.4 Å². The number of carbonyl (C=O) groups excluding carboxylic acids is 2. The van der Waals surface area contributed by atoms with Gasteiger partial charge in [-0.1, -0.05) is 23.7 Å². The number of nitro groups is 1. The molecule has 0 saturated heterocycles. The third-order valence-corrected chi connectivity index (χ3v) is 6.34. The SMILES string of the molecule is CNC(=O)[C@H](C)N(Cc1cccc(Cl)c1)C(=O)CN(c1cc([N+](=O)[O-])ccc1OC)S(C)(=O)=O. The van der Waals surface area contributed by atoms with Crippen LogP contribution in [0.1, 0.15) is 12.5 Å². The van der Waals surface area contributed by atoms with E-state index in [2.05, 4.69) is 5.32 Å². The van der Waals surface area contributed by atoms with Gasteiger partial charge in [0.1, 0.15) is 24.0 Å². The highest BCUT2D eigenvalue weighted by Gasteiger charge is 2.31.